The Morgan fingerprint density at radius 3 is 2.12 bits per heavy atom. The molecule has 0 bridgehead atoms. The Bertz CT molecular complexity index is 1060. The average Bonchev–Trinajstić information content (AvgIpc) is 2.85. The van der Waals surface area contributed by atoms with Gasteiger partial charge in [-0.25, -0.2) is 0 Å². The summed E-state index contributed by atoms with van der Waals surface area (Å²) in [6.07, 6.45) is 0. The molecule has 3 aromatic rings. The van der Waals surface area contributed by atoms with Crippen molar-refractivity contribution in [1.29, 1.82) is 0 Å². The summed E-state index contributed by atoms with van der Waals surface area (Å²) < 4.78 is 22.2. The number of rotatable bonds is 12. The van der Waals surface area contributed by atoms with Crippen molar-refractivity contribution in [3.63, 3.8) is 0 Å². The van der Waals surface area contributed by atoms with Gasteiger partial charge in [0.1, 0.15) is 37.1 Å². The van der Waals surface area contributed by atoms with Gasteiger partial charge in [-0.2, -0.15) is 0 Å². The van der Waals surface area contributed by atoms with Crippen molar-refractivity contribution in [2.75, 3.05) is 38.4 Å². The fourth-order valence-electron chi connectivity index (χ4n) is 2.93. The van der Waals surface area contributed by atoms with E-state index in [1.54, 1.807) is 30.3 Å². The number of benzene rings is 3. The van der Waals surface area contributed by atoms with Crippen LogP contribution in [0.4, 0.5) is 5.69 Å². The van der Waals surface area contributed by atoms with E-state index in [2.05, 4.69) is 10.6 Å². The second kappa shape index (κ2) is 13.8. The highest BCUT2D eigenvalue weighted by atomic mass is 32.1. The summed E-state index contributed by atoms with van der Waals surface area (Å²) in [4.78, 5) is 12.6. The molecule has 0 unspecified atom stereocenters. The maximum Gasteiger partial charge on any atom is 0.257 e. The molecule has 0 aromatic heterocycles. The van der Waals surface area contributed by atoms with Crippen molar-refractivity contribution < 1.29 is 23.7 Å². The zero-order valence-corrected chi connectivity index (χ0v) is 19.8. The van der Waals surface area contributed by atoms with Gasteiger partial charge in [0.2, 0.25) is 0 Å². The summed E-state index contributed by atoms with van der Waals surface area (Å²) >= 11 is 5.29. The monoisotopic (exact) mass is 480 g/mol. The quantitative estimate of drug-likeness (QED) is 0.288. The average molecular weight is 481 g/mol. The van der Waals surface area contributed by atoms with Gasteiger partial charge in [0.25, 0.3) is 5.91 Å². The van der Waals surface area contributed by atoms with Crippen LogP contribution >= 0.6 is 12.2 Å². The van der Waals surface area contributed by atoms with Crippen LogP contribution in [0.5, 0.6) is 17.2 Å². The molecule has 0 aliphatic rings. The highest BCUT2D eigenvalue weighted by Crippen LogP contribution is 2.18. The Kier molecular flexibility index (Phi) is 10.2. The maximum atomic E-state index is 12.6. The predicted octanol–water partition coefficient (Wildman–Crippen LogP) is 4.69. The molecule has 0 radical (unpaired) electrons. The lowest BCUT2D eigenvalue weighted by atomic mass is 10.2. The van der Waals surface area contributed by atoms with Crippen LogP contribution in [0.3, 0.4) is 0 Å². The van der Waals surface area contributed by atoms with Crippen LogP contribution in [-0.4, -0.2) is 44.1 Å². The zero-order valence-electron chi connectivity index (χ0n) is 19.0. The van der Waals surface area contributed by atoms with Crippen molar-refractivity contribution in [2.45, 2.75) is 6.92 Å². The summed E-state index contributed by atoms with van der Waals surface area (Å²) in [5.74, 6) is 1.69. The van der Waals surface area contributed by atoms with E-state index in [1.807, 2.05) is 55.5 Å². The smallest absolute Gasteiger partial charge is 0.257 e. The first-order chi connectivity index (χ1) is 16.6. The lowest BCUT2D eigenvalue weighted by Crippen LogP contribution is -2.34. The lowest BCUT2D eigenvalue weighted by Gasteiger charge is -2.12. The third-order valence-electron chi connectivity index (χ3n) is 4.48. The van der Waals surface area contributed by atoms with Gasteiger partial charge in [-0.15, -0.1) is 0 Å². The summed E-state index contributed by atoms with van der Waals surface area (Å²) in [6, 6.07) is 23.7. The third kappa shape index (κ3) is 8.73. The molecule has 3 aromatic carbocycles. The van der Waals surface area contributed by atoms with Crippen molar-refractivity contribution in [1.82, 2.24) is 5.32 Å². The zero-order chi connectivity index (χ0) is 24.0. The Balaban J connectivity index is 1.45. The fourth-order valence-corrected chi connectivity index (χ4v) is 3.14. The first kappa shape index (κ1) is 25.0. The molecule has 0 fully saturated rings. The molecule has 1 amide bonds. The van der Waals surface area contributed by atoms with Gasteiger partial charge in [-0.05, 0) is 61.6 Å². The standard InChI is InChI=1S/C26H28N2O5S/c1-2-30-14-15-32-24-13-7-9-21(19-24)27-26(34)28-25(29)20-8-6-12-23(18-20)33-17-16-31-22-10-4-3-5-11-22/h3-13,18-19H,2,14-17H2,1H3,(H2,27,28,29,34). The van der Waals surface area contributed by atoms with Gasteiger partial charge in [-0.1, -0.05) is 30.3 Å². The van der Waals surface area contributed by atoms with Crippen molar-refractivity contribution in [2.24, 2.45) is 0 Å². The molecular weight excluding hydrogens is 452 g/mol. The van der Waals surface area contributed by atoms with Gasteiger partial charge in [-0.3, -0.25) is 10.1 Å². The Morgan fingerprint density at radius 2 is 1.38 bits per heavy atom. The molecule has 0 spiro atoms. The van der Waals surface area contributed by atoms with Crippen LogP contribution in [0, 0.1) is 0 Å². The van der Waals surface area contributed by atoms with E-state index in [4.69, 9.17) is 31.2 Å². The molecule has 0 heterocycles. The van der Waals surface area contributed by atoms with E-state index in [9.17, 15) is 4.79 Å². The SMILES string of the molecule is CCOCCOc1cccc(NC(=S)NC(=O)c2cccc(OCCOc3ccccc3)c2)c1. The number of hydrogen-bond acceptors (Lipinski definition) is 6. The number of carbonyl (C=O) groups excluding carboxylic acids is 1. The minimum atomic E-state index is -0.340. The molecule has 0 atom stereocenters. The Labute approximate surface area is 205 Å². The van der Waals surface area contributed by atoms with Crippen molar-refractivity contribution in [3.05, 3.63) is 84.4 Å². The van der Waals surface area contributed by atoms with Crippen molar-refractivity contribution in [3.8, 4) is 17.2 Å². The lowest BCUT2D eigenvalue weighted by molar-refractivity contribution is 0.0977. The number of anilines is 1. The molecule has 0 saturated heterocycles. The first-order valence-electron chi connectivity index (χ1n) is 11.0. The van der Waals surface area contributed by atoms with E-state index in [1.165, 1.54) is 0 Å². The van der Waals surface area contributed by atoms with Gasteiger partial charge >= 0.3 is 0 Å². The number of thiocarbonyl (C=S) groups is 1. The van der Waals surface area contributed by atoms with E-state index in [0.717, 1.165) is 5.75 Å². The summed E-state index contributed by atoms with van der Waals surface area (Å²) in [5, 5.41) is 5.86. The number of hydrogen-bond donors (Lipinski definition) is 2. The summed E-state index contributed by atoms with van der Waals surface area (Å²) in [5.41, 5.74) is 1.13. The van der Waals surface area contributed by atoms with Gasteiger partial charge in [0.15, 0.2) is 5.11 Å². The topological polar surface area (TPSA) is 78.1 Å². The maximum absolute atomic E-state index is 12.6. The van der Waals surface area contributed by atoms with Crippen LogP contribution in [0.1, 0.15) is 17.3 Å². The molecule has 34 heavy (non-hydrogen) atoms. The normalized spacial score (nSPS) is 10.3. The predicted molar refractivity (Wildman–Crippen MR) is 136 cm³/mol. The molecule has 2 N–H and O–H groups in total. The van der Waals surface area contributed by atoms with Crippen LogP contribution in [0.2, 0.25) is 0 Å². The fraction of sp³-hybridized carbons (Fsp3) is 0.231. The van der Waals surface area contributed by atoms with Gasteiger partial charge < -0.3 is 24.3 Å². The molecule has 0 aliphatic heterocycles. The third-order valence-corrected chi connectivity index (χ3v) is 4.68. The number of ether oxygens (including phenoxy) is 4. The second-order valence-electron chi connectivity index (χ2n) is 7.02. The van der Waals surface area contributed by atoms with E-state index < -0.39 is 0 Å². The summed E-state index contributed by atoms with van der Waals surface area (Å²) in [7, 11) is 0. The number of carbonyl (C=O) groups is 1. The number of amides is 1. The molecule has 0 aliphatic carbocycles. The van der Waals surface area contributed by atoms with Crippen LogP contribution in [0.15, 0.2) is 78.9 Å². The minimum absolute atomic E-state index is 0.180. The largest absolute Gasteiger partial charge is 0.491 e. The first-order valence-corrected chi connectivity index (χ1v) is 11.4. The van der Waals surface area contributed by atoms with Gasteiger partial charge in [0.05, 0.1) is 6.61 Å². The van der Waals surface area contributed by atoms with E-state index in [0.29, 0.717) is 55.8 Å². The molecule has 0 saturated carbocycles. The number of nitrogens with one attached hydrogen (secondary N) is 2. The molecular formula is C26H28N2O5S. The second-order valence-corrected chi connectivity index (χ2v) is 7.43. The van der Waals surface area contributed by atoms with Gasteiger partial charge in [0, 0.05) is 23.9 Å². The van der Waals surface area contributed by atoms with Crippen molar-refractivity contribution >= 4 is 28.9 Å². The molecule has 178 valence electrons. The Hall–Kier alpha value is -3.62. The number of para-hydroxylation sites is 1. The van der Waals surface area contributed by atoms with E-state index >= 15 is 0 Å². The highest BCUT2D eigenvalue weighted by molar-refractivity contribution is 7.80. The molecule has 8 heteroatoms. The Morgan fingerprint density at radius 1 is 0.765 bits per heavy atom. The van der Waals surface area contributed by atoms with Crippen LogP contribution in [-0.2, 0) is 4.74 Å². The van der Waals surface area contributed by atoms with Crippen LogP contribution in [0.25, 0.3) is 0 Å². The van der Waals surface area contributed by atoms with E-state index in [-0.39, 0.29) is 11.0 Å². The molecule has 7 nitrogen and oxygen atoms in total. The highest BCUT2D eigenvalue weighted by Gasteiger charge is 2.10. The molecule has 3 rings (SSSR count). The van der Waals surface area contributed by atoms with Crippen LogP contribution < -0.4 is 24.8 Å². The minimum Gasteiger partial charge on any atom is -0.491 e. The summed E-state index contributed by atoms with van der Waals surface area (Å²) in [6.45, 7) is 4.30.